The maximum absolute atomic E-state index is 11.5. The number of rotatable bonds is 1. The van der Waals surface area contributed by atoms with Crippen LogP contribution >= 0.6 is 22.6 Å². The fourth-order valence-electron chi connectivity index (χ4n) is 1.38. The molecule has 0 unspecified atom stereocenters. The van der Waals surface area contributed by atoms with Crippen LogP contribution in [0.25, 0.3) is 11.0 Å². The summed E-state index contributed by atoms with van der Waals surface area (Å²) < 4.78 is 2.73. The van der Waals surface area contributed by atoms with Crippen molar-refractivity contribution in [3.63, 3.8) is 0 Å². The molecule has 0 saturated carbocycles. The van der Waals surface area contributed by atoms with Gasteiger partial charge in [0.1, 0.15) is 5.65 Å². The molecule has 2 aromatic heterocycles. The lowest BCUT2D eigenvalue weighted by molar-refractivity contribution is 0.0913. The first kappa shape index (κ1) is 9.64. The second-order valence-corrected chi connectivity index (χ2v) is 4.13. The Hall–Kier alpha value is -0.910. The molecule has 2 rings (SSSR count). The minimum atomic E-state index is 0.0782. The molecule has 0 saturated heterocycles. The molecule has 0 aliphatic carbocycles. The molecule has 72 valence electrons. The molecular formula is C10H9IN2O. The monoisotopic (exact) mass is 300 g/mol. The maximum atomic E-state index is 11.5. The Balaban J connectivity index is 2.70. The highest BCUT2D eigenvalue weighted by atomic mass is 127. The third kappa shape index (κ3) is 1.43. The fourth-order valence-corrected chi connectivity index (χ4v) is 1.96. The molecule has 0 amide bonds. The predicted octanol–water partition coefficient (Wildman–Crippen LogP) is 2.69. The van der Waals surface area contributed by atoms with Gasteiger partial charge < -0.3 is 0 Å². The van der Waals surface area contributed by atoms with Gasteiger partial charge in [-0.15, -0.1) is 0 Å². The van der Waals surface area contributed by atoms with Crippen molar-refractivity contribution in [1.82, 2.24) is 9.55 Å². The lowest BCUT2D eigenvalue weighted by Gasteiger charge is -2.00. The van der Waals surface area contributed by atoms with Crippen LogP contribution in [0.3, 0.4) is 0 Å². The van der Waals surface area contributed by atoms with Crippen molar-refractivity contribution in [3.05, 3.63) is 28.1 Å². The molecule has 2 heterocycles. The smallest absolute Gasteiger partial charge is 0.231 e. The Morgan fingerprint density at radius 1 is 1.57 bits per heavy atom. The van der Waals surface area contributed by atoms with Gasteiger partial charge >= 0.3 is 0 Å². The summed E-state index contributed by atoms with van der Waals surface area (Å²) in [5, 5.41) is 1.04. The summed E-state index contributed by atoms with van der Waals surface area (Å²) in [6.45, 7) is 1.85. The average molecular weight is 300 g/mol. The second-order valence-electron chi connectivity index (χ2n) is 2.96. The van der Waals surface area contributed by atoms with Crippen LogP contribution in [0.15, 0.2) is 24.5 Å². The van der Waals surface area contributed by atoms with Crippen LogP contribution in [0.5, 0.6) is 0 Å². The van der Waals surface area contributed by atoms with Crippen LogP contribution in [-0.2, 0) is 0 Å². The first-order valence-corrected chi connectivity index (χ1v) is 5.46. The number of hydrogen-bond donors (Lipinski definition) is 0. The van der Waals surface area contributed by atoms with Crippen LogP contribution in [0.2, 0.25) is 0 Å². The number of nitrogens with zero attached hydrogens (tertiary/aromatic N) is 2. The van der Waals surface area contributed by atoms with Crippen LogP contribution in [0.4, 0.5) is 0 Å². The van der Waals surface area contributed by atoms with E-state index >= 15 is 0 Å². The zero-order valence-electron chi connectivity index (χ0n) is 7.70. The van der Waals surface area contributed by atoms with E-state index in [-0.39, 0.29) is 5.91 Å². The van der Waals surface area contributed by atoms with Crippen molar-refractivity contribution in [2.75, 3.05) is 0 Å². The molecule has 2 aromatic rings. The summed E-state index contributed by atoms with van der Waals surface area (Å²) >= 11 is 2.24. The van der Waals surface area contributed by atoms with Crippen molar-refractivity contribution in [3.8, 4) is 0 Å². The molecule has 0 spiro atoms. The summed E-state index contributed by atoms with van der Waals surface area (Å²) in [5.74, 6) is 0.0782. The number of halogens is 1. The third-order valence-electron chi connectivity index (χ3n) is 2.11. The number of carbonyl (C=O) groups excluding carboxylic acids is 1. The standard InChI is InChI=1S/C10H9IN2O/c1-2-9(14)13-6-4-7-8(11)3-5-12-10(7)13/h3-6H,2H2,1H3. The Labute approximate surface area is 95.3 Å². The molecule has 3 nitrogen and oxygen atoms in total. The van der Waals surface area contributed by atoms with Gasteiger partial charge in [0.2, 0.25) is 5.91 Å². The molecule has 14 heavy (non-hydrogen) atoms. The highest BCUT2D eigenvalue weighted by molar-refractivity contribution is 14.1. The van der Waals surface area contributed by atoms with E-state index in [1.54, 1.807) is 17.0 Å². The van der Waals surface area contributed by atoms with Gasteiger partial charge in [-0.2, -0.15) is 0 Å². The molecule has 0 aliphatic heterocycles. The van der Waals surface area contributed by atoms with E-state index in [0.29, 0.717) is 6.42 Å². The first-order valence-electron chi connectivity index (χ1n) is 4.39. The van der Waals surface area contributed by atoms with E-state index < -0.39 is 0 Å². The van der Waals surface area contributed by atoms with E-state index in [2.05, 4.69) is 27.6 Å². The second kappa shape index (κ2) is 3.68. The van der Waals surface area contributed by atoms with Crippen molar-refractivity contribution < 1.29 is 4.79 Å². The summed E-state index contributed by atoms with van der Waals surface area (Å²) in [4.78, 5) is 15.7. The first-order chi connectivity index (χ1) is 6.74. The topological polar surface area (TPSA) is 34.9 Å². The molecule has 0 radical (unpaired) electrons. The SMILES string of the molecule is CCC(=O)n1ccc2c(I)ccnc21. The van der Waals surface area contributed by atoms with Crippen LogP contribution < -0.4 is 0 Å². The van der Waals surface area contributed by atoms with E-state index in [1.807, 2.05) is 19.1 Å². The number of pyridine rings is 1. The van der Waals surface area contributed by atoms with Crippen molar-refractivity contribution in [2.24, 2.45) is 0 Å². The Bertz CT molecular complexity index is 490. The maximum Gasteiger partial charge on any atom is 0.231 e. The molecule has 0 atom stereocenters. The summed E-state index contributed by atoms with van der Waals surface area (Å²) in [6, 6.07) is 3.86. The predicted molar refractivity (Wildman–Crippen MR) is 63.4 cm³/mol. The van der Waals surface area contributed by atoms with Gasteiger partial charge in [0.05, 0.1) is 0 Å². The normalized spacial score (nSPS) is 10.7. The minimum absolute atomic E-state index is 0.0782. The Kier molecular flexibility index (Phi) is 2.54. The molecular weight excluding hydrogens is 291 g/mol. The Morgan fingerprint density at radius 3 is 3.07 bits per heavy atom. The lowest BCUT2D eigenvalue weighted by Crippen LogP contribution is -2.07. The van der Waals surface area contributed by atoms with Crippen molar-refractivity contribution in [1.29, 1.82) is 0 Å². The van der Waals surface area contributed by atoms with Gasteiger partial charge in [0.15, 0.2) is 0 Å². The summed E-state index contributed by atoms with van der Waals surface area (Å²) in [7, 11) is 0. The van der Waals surface area contributed by atoms with Gasteiger partial charge in [-0.1, -0.05) is 6.92 Å². The molecule has 0 bridgehead atoms. The molecule has 0 N–H and O–H groups in total. The van der Waals surface area contributed by atoms with Gasteiger partial charge in [-0.05, 0) is 34.7 Å². The van der Waals surface area contributed by atoms with E-state index in [9.17, 15) is 4.79 Å². The largest absolute Gasteiger partial charge is 0.274 e. The molecule has 0 aliphatic rings. The van der Waals surface area contributed by atoms with Crippen LogP contribution in [0.1, 0.15) is 18.1 Å². The molecule has 0 aromatic carbocycles. The highest BCUT2D eigenvalue weighted by Gasteiger charge is 2.08. The Morgan fingerprint density at radius 2 is 2.36 bits per heavy atom. The van der Waals surface area contributed by atoms with Gasteiger partial charge in [0, 0.05) is 27.8 Å². The van der Waals surface area contributed by atoms with Crippen molar-refractivity contribution in [2.45, 2.75) is 13.3 Å². The number of fused-ring (bicyclic) bond motifs is 1. The van der Waals surface area contributed by atoms with Gasteiger partial charge in [-0.3, -0.25) is 9.36 Å². The zero-order chi connectivity index (χ0) is 10.1. The van der Waals surface area contributed by atoms with Crippen LogP contribution in [0, 0.1) is 3.57 Å². The lowest BCUT2D eigenvalue weighted by atomic mass is 10.3. The van der Waals surface area contributed by atoms with E-state index in [4.69, 9.17) is 0 Å². The number of hydrogen-bond acceptors (Lipinski definition) is 2. The number of carbonyl (C=O) groups is 1. The third-order valence-corrected chi connectivity index (χ3v) is 3.05. The minimum Gasteiger partial charge on any atom is -0.274 e. The fraction of sp³-hybridized carbons (Fsp3) is 0.200. The molecule has 0 fully saturated rings. The van der Waals surface area contributed by atoms with E-state index in [0.717, 1.165) is 14.6 Å². The summed E-state index contributed by atoms with van der Waals surface area (Å²) in [5.41, 5.74) is 0.753. The number of aromatic nitrogens is 2. The van der Waals surface area contributed by atoms with E-state index in [1.165, 1.54) is 0 Å². The highest BCUT2D eigenvalue weighted by Crippen LogP contribution is 2.19. The van der Waals surface area contributed by atoms with Gasteiger partial charge in [0.25, 0.3) is 0 Å². The van der Waals surface area contributed by atoms with Gasteiger partial charge in [-0.25, -0.2) is 4.98 Å². The summed E-state index contributed by atoms with van der Waals surface area (Å²) in [6.07, 6.45) is 4.01. The quantitative estimate of drug-likeness (QED) is 0.759. The zero-order valence-corrected chi connectivity index (χ0v) is 9.85. The molecule has 4 heteroatoms. The van der Waals surface area contributed by atoms with Crippen LogP contribution in [-0.4, -0.2) is 15.5 Å². The average Bonchev–Trinajstić information content (AvgIpc) is 2.62. The van der Waals surface area contributed by atoms with Crippen molar-refractivity contribution >= 4 is 39.5 Å².